The number of H-pyrrole nitrogens is 1. The molecule has 1 aromatic carbocycles. The van der Waals surface area contributed by atoms with Crippen LogP contribution in [0.25, 0.3) is 11.0 Å². The van der Waals surface area contributed by atoms with Crippen molar-refractivity contribution in [1.29, 1.82) is 0 Å². The van der Waals surface area contributed by atoms with Crippen LogP contribution < -0.4 is 5.73 Å². The average molecular weight is 323 g/mol. The molecule has 3 aromatic rings. The number of rotatable bonds is 6. The quantitative estimate of drug-likeness (QED) is 0.725. The number of hydrogen-bond donors (Lipinski definition) is 2. The van der Waals surface area contributed by atoms with Crippen molar-refractivity contribution < 1.29 is 4.79 Å². The number of hydrogen-bond acceptors (Lipinski definition) is 4. The van der Waals surface area contributed by atoms with E-state index in [1.165, 1.54) is 5.56 Å². The molecule has 0 bridgehead atoms. The molecule has 2 heterocycles. The second kappa shape index (κ2) is 7.23. The molecule has 0 saturated heterocycles. The third-order valence-electron chi connectivity index (χ3n) is 4.05. The van der Waals surface area contributed by atoms with E-state index in [9.17, 15) is 4.79 Å². The fourth-order valence-corrected chi connectivity index (χ4v) is 2.70. The second-order valence-electron chi connectivity index (χ2n) is 5.76. The zero-order valence-electron chi connectivity index (χ0n) is 13.7. The van der Waals surface area contributed by atoms with Gasteiger partial charge in [-0.15, -0.1) is 0 Å². The topological polar surface area (TPSA) is 87.9 Å². The smallest absolute Gasteiger partial charge is 0.255 e. The lowest BCUT2D eigenvalue weighted by molar-refractivity contribution is 0.0762. The molecule has 0 aliphatic carbocycles. The van der Waals surface area contributed by atoms with Crippen molar-refractivity contribution in [3.63, 3.8) is 0 Å². The van der Waals surface area contributed by atoms with Gasteiger partial charge in [-0.2, -0.15) is 5.10 Å². The molecule has 24 heavy (non-hydrogen) atoms. The first kappa shape index (κ1) is 16.1. The van der Waals surface area contributed by atoms with Gasteiger partial charge in [0.2, 0.25) is 0 Å². The van der Waals surface area contributed by atoms with E-state index >= 15 is 0 Å². The van der Waals surface area contributed by atoms with Crippen molar-refractivity contribution in [2.24, 2.45) is 5.73 Å². The van der Waals surface area contributed by atoms with Crippen LogP contribution in [0.4, 0.5) is 0 Å². The van der Waals surface area contributed by atoms with E-state index in [-0.39, 0.29) is 5.91 Å². The maximum absolute atomic E-state index is 12.8. The Morgan fingerprint density at radius 2 is 2.04 bits per heavy atom. The molecular weight excluding hydrogens is 302 g/mol. The van der Waals surface area contributed by atoms with Gasteiger partial charge in [-0.1, -0.05) is 30.3 Å². The Labute approximate surface area is 140 Å². The van der Waals surface area contributed by atoms with E-state index in [4.69, 9.17) is 5.73 Å². The van der Waals surface area contributed by atoms with E-state index in [2.05, 4.69) is 27.3 Å². The summed E-state index contributed by atoms with van der Waals surface area (Å²) in [6, 6.07) is 12.0. The van der Waals surface area contributed by atoms with Crippen LogP contribution in [0.15, 0.2) is 42.6 Å². The van der Waals surface area contributed by atoms with Gasteiger partial charge >= 0.3 is 0 Å². The van der Waals surface area contributed by atoms with E-state index in [0.717, 1.165) is 17.5 Å². The van der Waals surface area contributed by atoms with Crippen LogP contribution in [0.2, 0.25) is 0 Å². The summed E-state index contributed by atoms with van der Waals surface area (Å²) in [4.78, 5) is 18.9. The van der Waals surface area contributed by atoms with Gasteiger partial charge in [-0.25, -0.2) is 4.98 Å². The standard InChI is InChI=1S/C18H21N5O/c1-13-16-11-15(12-20-17(16)22-21-13)18(24)23(10-8-19)9-7-14-5-3-2-4-6-14/h2-6,11-12H,7-10,19H2,1H3,(H,20,21,22). The molecule has 0 aliphatic rings. The van der Waals surface area contributed by atoms with Crippen LogP contribution in [0, 0.1) is 6.92 Å². The van der Waals surface area contributed by atoms with Crippen molar-refractivity contribution in [1.82, 2.24) is 20.1 Å². The highest BCUT2D eigenvalue weighted by molar-refractivity contribution is 5.97. The zero-order valence-corrected chi connectivity index (χ0v) is 13.7. The first-order valence-electron chi connectivity index (χ1n) is 8.03. The predicted molar refractivity (Wildman–Crippen MR) is 93.7 cm³/mol. The molecular formula is C18H21N5O. The third kappa shape index (κ3) is 3.44. The number of carbonyl (C=O) groups excluding carboxylic acids is 1. The van der Waals surface area contributed by atoms with E-state index in [1.54, 1.807) is 11.1 Å². The lowest BCUT2D eigenvalue weighted by Gasteiger charge is -2.22. The van der Waals surface area contributed by atoms with Crippen molar-refractivity contribution in [2.45, 2.75) is 13.3 Å². The molecule has 0 spiro atoms. The fourth-order valence-electron chi connectivity index (χ4n) is 2.70. The van der Waals surface area contributed by atoms with Gasteiger partial charge in [-0.3, -0.25) is 9.89 Å². The average Bonchev–Trinajstić information content (AvgIpc) is 2.99. The van der Waals surface area contributed by atoms with Gasteiger partial charge in [-0.05, 0) is 25.0 Å². The number of amides is 1. The van der Waals surface area contributed by atoms with Gasteiger partial charge in [0.1, 0.15) is 0 Å². The van der Waals surface area contributed by atoms with Crippen LogP contribution in [0.3, 0.4) is 0 Å². The largest absolute Gasteiger partial charge is 0.337 e. The predicted octanol–water partition coefficient (Wildman–Crippen LogP) is 1.91. The molecule has 0 atom stereocenters. The summed E-state index contributed by atoms with van der Waals surface area (Å²) in [6.45, 7) is 3.50. The van der Waals surface area contributed by atoms with Gasteiger partial charge in [0.15, 0.2) is 5.65 Å². The highest BCUT2D eigenvalue weighted by Gasteiger charge is 2.17. The minimum Gasteiger partial charge on any atom is -0.337 e. The molecule has 124 valence electrons. The molecule has 1 amide bonds. The highest BCUT2D eigenvalue weighted by atomic mass is 16.2. The molecule has 6 heteroatoms. The Balaban J connectivity index is 1.78. The number of pyridine rings is 1. The summed E-state index contributed by atoms with van der Waals surface area (Å²) < 4.78 is 0. The van der Waals surface area contributed by atoms with Crippen LogP contribution in [-0.2, 0) is 6.42 Å². The van der Waals surface area contributed by atoms with Crippen molar-refractivity contribution >= 4 is 16.9 Å². The number of carbonyl (C=O) groups is 1. The number of nitrogens with zero attached hydrogens (tertiary/aromatic N) is 3. The van der Waals surface area contributed by atoms with Gasteiger partial charge in [0.05, 0.1) is 5.56 Å². The number of aromatic amines is 1. The molecule has 2 aromatic heterocycles. The fraction of sp³-hybridized carbons (Fsp3) is 0.278. The number of fused-ring (bicyclic) bond motifs is 1. The molecule has 6 nitrogen and oxygen atoms in total. The van der Waals surface area contributed by atoms with E-state index in [0.29, 0.717) is 30.8 Å². The van der Waals surface area contributed by atoms with Gasteiger partial charge < -0.3 is 10.6 Å². The minimum atomic E-state index is -0.0496. The molecule has 0 unspecified atom stereocenters. The minimum absolute atomic E-state index is 0.0496. The summed E-state index contributed by atoms with van der Waals surface area (Å²) in [6.07, 6.45) is 2.38. The number of benzene rings is 1. The summed E-state index contributed by atoms with van der Waals surface area (Å²) in [7, 11) is 0. The summed E-state index contributed by atoms with van der Waals surface area (Å²) in [5, 5.41) is 7.85. The highest BCUT2D eigenvalue weighted by Crippen LogP contribution is 2.16. The van der Waals surface area contributed by atoms with Crippen LogP contribution in [0.5, 0.6) is 0 Å². The van der Waals surface area contributed by atoms with Crippen LogP contribution in [-0.4, -0.2) is 45.6 Å². The van der Waals surface area contributed by atoms with E-state index < -0.39 is 0 Å². The van der Waals surface area contributed by atoms with Crippen molar-refractivity contribution in [3.05, 3.63) is 59.4 Å². The molecule has 3 rings (SSSR count). The Morgan fingerprint density at radius 3 is 2.79 bits per heavy atom. The summed E-state index contributed by atoms with van der Waals surface area (Å²) >= 11 is 0. The second-order valence-corrected chi connectivity index (χ2v) is 5.76. The molecule has 0 aliphatic heterocycles. The Bertz CT molecular complexity index is 828. The van der Waals surface area contributed by atoms with E-state index in [1.807, 2.05) is 31.2 Å². The van der Waals surface area contributed by atoms with Crippen molar-refractivity contribution in [3.8, 4) is 0 Å². The number of aromatic nitrogens is 3. The maximum Gasteiger partial charge on any atom is 0.255 e. The van der Waals surface area contributed by atoms with Gasteiger partial charge in [0, 0.05) is 36.9 Å². The van der Waals surface area contributed by atoms with Gasteiger partial charge in [0.25, 0.3) is 5.91 Å². The van der Waals surface area contributed by atoms with Crippen LogP contribution in [0.1, 0.15) is 21.6 Å². The molecule has 0 saturated carbocycles. The summed E-state index contributed by atoms with van der Waals surface area (Å²) in [5.74, 6) is -0.0496. The third-order valence-corrected chi connectivity index (χ3v) is 4.05. The number of aryl methyl sites for hydroxylation is 1. The molecule has 0 radical (unpaired) electrons. The maximum atomic E-state index is 12.8. The number of nitrogens with one attached hydrogen (secondary N) is 1. The first-order chi connectivity index (χ1) is 11.7. The monoisotopic (exact) mass is 323 g/mol. The number of nitrogens with two attached hydrogens (primary N) is 1. The lowest BCUT2D eigenvalue weighted by atomic mass is 10.1. The van der Waals surface area contributed by atoms with Crippen molar-refractivity contribution in [2.75, 3.05) is 19.6 Å². The SMILES string of the molecule is Cc1[nH]nc2ncc(C(=O)N(CCN)CCc3ccccc3)cc12. The van der Waals surface area contributed by atoms with Crippen LogP contribution >= 0.6 is 0 Å². The summed E-state index contributed by atoms with van der Waals surface area (Å²) in [5.41, 5.74) is 8.98. The first-order valence-corrected chi connectivity index (χ1v) is 8.03. The zero-order chi connectivity index (χ0) is 16.9. The lowest BCUT2D eigenvalue weighted by Crippen LogP contribution is -2.37. The Kier molecular flexibility index (Phi) is 4.86. The molecule has 3 N–H and O–H groups in total. The Morgan fingerprint density at radius 1 is 1.25 bits per heavy atom. The molecule has 0 fully saturated rings. The normalized spacial score (nSPS) is 10.9. The Hall–Kier alpha value is -2.73.